The molecule has 0 spiro atoms. The summed E-state index contributed by atoms with van der Waals surface area (Å²) in [6.45, 7) is 4.76. The molecule has 1 amide bonds. The molecule has 4 heteroatoms. The van der Waals surface area contributed by atoms with Crippen LogP contribution in [0.15, 0.2) is 42.6 Å². The topological polar surface area (TPSA) is 45.2 Å². The average Bonchev–Trinajstić information content (AvgIpc) is 3.08. The van der Waals surface area contributed by atoms with Gasteiger partial charge in [-0.2, -0.15) is 0 Å². The van der Waals surface area contributed by atoms with Crippen molar-refractivity contribution < 1.29 is 4.79 Å². The Hall–Kier alpha value is -2.36. The molecule has 1 fully saturated rings. The number of carbonyl (C=O) groups is 1. The molecule has 3 rings (SSSR count). The van der Waals surface area contributed by atoms with Gasteiger partial charge in [-0.1, -0.05) is 35.9 Å². The van der Waals surface area contributed by atoms with Gasteiger partial charge in [0.2, 0.25) is 5.91 Å². The first-order chi connectivity index (χ1) is 11.2. The summed E-state index contributed by atoms with van der Waals surface area (Å²) in [5, 5.41) is 2.96. The van der Waals surface area contributed by atoms with E-state index in [1.807, 2.05) is 49.5 Å². The number of benzene rings is 1. The molecule has 0 bridgehead atoms. The van der Waals surface area contributed by atoms with Crippen molar-refractivity contribution in [2.45, 2.75) is 32.7 Å². The van der Waals surface area contributed by atoms with Gasteiger partial charge >= 0.3 is 0 Å². The summed E-state index contributed by atoms with van der Waals surface area (Å²) in [6.07, 6.45) is 4.78. The molecule has 1 aliphatic heterocycles. The highest BCUT2D eigenvalue weighted by molar-refractivity contribution is 5.78. The van der Waals surface area contributed by atoms with Crippen molar-refractivity contribution in [3.63, 3.8) is 0 Å². The lowest BCUT2D eigenvalue weighted by Crippen LogP contribution is -2.25. The molecule has 120 valence electrons. The van der Waals surface area contributed by atoms with Gasteiger partial charge in [0.1, 0.15) is 5.82 Å². The second-order valence-corrected chi connectivity index (χ2v) is 6.16. The molecule has 1 aliphatic rings. The zero-order chi connectivity index (χ0) is 16.1. The minimum absolute atomic E-state index is 0.0409. The van der Waals surface area contributed by atoms with Crippen LogP contribution in [-0.4, -0.2) is 24.0 Å². The maximum Gasteiger partial charge on any atom is 0.224 e. The SMILES string of the molecule is Cc1cccc(CC(=O)NCc2ccc(N3CCCC3)nc2)c1. The van der Waals surface area contributed by atoms with Crippen LogP contribution in [0.1, 0.15) is 29.5 Å². The van der Waals surface area contributed by atoms with Crippen LogP contribution in [0.2, 0.25) is 0 Å². The van der Waals surface area contributed by atoms with E-state index in [9.17, 15) is 4.79 Å². The Morgan fingerprint density at radius 1 is 1.17 bits per heavy atom. The average molecular weight is 309 g/mol. The predicted octanol–water partition coefficient (Wildman–Crippen LogP) is 2.85. The molecule has 2 aromatic rings. The number of aromatic nitrogens is 1. The molecular weight excluding hydrogens is 286 g/mol. The first-order valence-electron chi connectivity index (χ1n) is 8.23. The minimum atomic E-state index is 0.0409. The minimum Gasteiger partial charge on any atom is -0.357 e. The molecule has 0 unspecified atom stereocenters. The van der Waals surface area contributed by atoms with Gasteiger partial charge in [0.15, 0.2) is 0 Å². The third-order valence-electron chi connectivity index (χ3n) is 4.18. The Kier molecular flexibility index (Phi) is 4.91. The molecule has 0 saturated carbocycles. The van der Waals surface area contributed by atoms with E-state index in [0.717, 1.165) is 30.0 Å². The monoisotopic (exact) mass is 309 g/mol. The third-order valence-corrected chi connectivity index (χ3v) is 4.18. The Labute approximate surface area is 137 Å². The van der Waals surface area contributed by atoms with E-state index in [4.69, 9.17) is 0 Å². The second-order valence-electron chi connectivity index (χ2n) is 6.16. The van der Waals surface area contributed by atoms with Crippen LogP contribution in [0, 0.1) is 6.92 Å². The van der Waals surface area contributed by atoms with Crippen LogP contribution >= 0.6 is 0 Å². The molecule has 1 saturated heterocycles. The fraction of sp³-hybridized carbons (Fsp3) is 0.368. The first-order valence-corrected chi connectivity index (χ1v) is 8.23. The first kappa shape index (κ1) is 15.5. The molecule has 1 aromatic heterocycles. The van der Waals surface area contributed by atoms with Gasteiger partial charge in [0.05, 0.1) is 6.42 Å². The van der Waals surface area contributed by atoms with E-state index in [1.54, 1.807) is 0 Å². The van der Waals surface area contributed by atoms with E-state index in [-0.39, 0.29) is 5.91 Å². The lowest BCUT2D eigenvalue weighted by molar-refractivity contribution is -0.120. The molecule has 0 atom stereocenters. The quantitative estimate of drug-likeness (QED) is 0.924. The zero-order valence-electron chi connectivity index (χ0n) is 13.6. The molecular formula is C19H23N3O. The predicted molar refractivity (Wildman–Crippen MR) is 92.4 cm³/mol. The third kappa shape index (κ3) is 4.31. The molecule has 0 aliphatic carbocycles. The summed E-state index contributed by atoms with van der Waals surface area (Å²) in [5.41, 5.74) is 3.26. The standard InChI is InChI=1S/C19H23N3O/c1-15-5-4-6-16(11-15)12-19(23)21-14-17-7-8-18(20-13-17)22-9-2-3-10-22/h4-8,11,13H,2-3,9-10,12,14H2,1H3,(H,21,23). The maximum atomic E-state index is 12.0. The number of rotatable bonds is 5. The highest BCUT2D eigenvalue weighted by Crippen LogP contribution is 2.17. The maximum absolute atomic E-state index is 12.0. The molecule has 4 nitrogen and oxygen atoms in total. The van der Waals surface area contributed by atoms with E-state index in [2.05, 4.69) is 15.2 Å². The number of carbonyl (C=O) groups excluding carboxylic acids is 1. The van der Waals surface area contributed by atoms with Crippen LogP contribution in [0.25, 0.3) is 0 Å². The number of amides is 1. The second kappa shape index (κ2) is 7.27. The largest absolute Gasteiger partial charge is 0.357 e. The molecule has 1 aromatic carbocycles. The van der Waals surface area contributed by atoms with Gasteiger partial charge < -0.3 is 10.2 Å². The lowest BCUT2D eigenvalue weighted by Gasteiger charge is -2.16. The fourth-order valence-corrected chi connectivity index (χ4v) is 2.93. The van der Waals surface area contributed by atoms with Crippen LogP contribution < -0.4 is 10.2 Å². The summed E-state index contributed by atoms with van der Waals surface area (Å²) in [6, 6.07) is 12.2. The normalized spacial score (nSPS) is 14.0. The Bertz CT molecular complexity index is 661. The van der Waals surface area contributed by atoms with Crippen molar-refractivity contribution in [3.05, 3.63) is 59.3 Å². The summed E-state index contributed by atoms with van der Waals surface area (Å²) in [5.74, 6) is 1.08. The van der Waals surface area contributed by atoms with Crippen LogP contribution in [-0.2, 0) is 17.8 Å². The summed E-state index contributed by atoms with van der Waals surface area (Å²) < 4.78 is 0. The van der Waals surface area contributed by atoms with Gasteiger partial charge in [-0.25, -0.2) is 4.98 Å². The van der Waals surface area contributed by atoms with Crippen molar-refractivity contribution >= 4 is 11.7 Å². The molecule has 0 radical (unpaired) electrons. The van der Waals surface area contributed by atoms with Crippen molar-refractivity contribution in [2.24, 2.45) is 0 Å². The molecule has 1 N–H and O–H groups in total. The van der Waals surface area contributed by atoms with E-state index in [1.165, 1.54) is 18.4 Å². The van der Waals surface area contributed by atoms with Gasteiger partial charge in [-0.15, -0.1) is 0 Å². The Balaban J connectivity index is 1.50. The highest BCUT2D eigenvalue weighted by atomic mass is 16.1. The van der Waals surface area contributed by atoms with Gasteiger partial charge in [0, 0.05) is 25.8 Å². The summed E-state index contributed by atoms with van der Waals surface area (Å²) >= 11 is 0. The van der Waals surface area contributed by atoms with E-state index in [0.29, 0.717) is 13.0 Å². The van der Waals surface area contributed by atoms with Gasteiger partial charge in [-0.05, 0) is 37.0 Å². The van der Waals surface area contributed by atoms with Gasteiger partial charge in [0.25, 0.3) is 0 Å². The number of hydrogen-bond donors (Lipinski definition) is 1. The smallest absolute Gasteiger partial charge is 0.224 e. The summed E-state index contributed by atoms with van der Waals surface area (Å²) in [7, 11) is 0. The number of aryl methyl sites for hydroxylation is 1. The molecule has 2 heterocycles. The molecule has 23 heavy (non-hydrogen) atoms. The number of pyridine rings is 1. The number of nitrogens with one attached hydrogen (secondary N) is 1. The van der Waals surface area contributed by atoms with Crippen molar-refractivity contribution in [1.82, 2.24) is 10.3 Å². The van der Waals surface area contributed by atoms with Crippen LogP contribution in [0.3, 0.4) is 0 Å². The lowest BCUT2D eigenvalue weighted by atomic mass is 10.1. The van der Waals surface area contributed by atoms with Crippen molar-refractivity contribution in [3.8, 4) is 0 Å². The zero-order valence-corrected chi connectivity index (χ0v) is 13.6. The van der Waals surface area contributed by atoms with E-state index >= 15 is 0 Å². The van der Waals surface area contributed by atoms with E-state index < -0.39 is 0 Å². The Morgan fingerprint density at radius 2 is 2.00 bits per heavy atom. The number of anilines is 1. The highest BCUT2D eigenvalue weighted by Gasteiger charge is 2.13. The number of nitrogens with zero attached hydrogens (tertiary/aromatic N) is 2. The van der Waals surface area contributed by atoms with Gasteiger partial charge in [-0.3, -0.25) is 4.79 Å². The van der Waals surface area contributed by atoms with Crippen molar-refractivity contribution in [2.75, 3.05) is 18.0 Å². The summed E-state index contributed by atoms with van der Waals surface area (Å²) in [4.78, 5) is 18.8. The Morgan fingerprint density at radius 3 is 2.70 bits per heavy atom. The van der Waals surface area contributed by atoms with Crippen LogP contribution in [0.4, 0.5) is 5.82 Å². The van der Waals surface area contributed by atoms with Crippen LogP contribution in [0.5, 0.6) is 0 Å². The fourth-order valence-electron chi connectivity index (χ4n) is 2.93. The van der Waals surface area contributed by atoms with Crippen molar-refractivity contribution in [1.29, 1.82) is 0 Å². The number of hydrogen-bond acceptors (Lipinski definition) is 3.